The average Bonchev–Trinajstić information content (AvgIpc) is 2.90. The fraction of sp³-hybridized carbons (Fsp3) is 0.467. The summed E-state index contributed by atoms with van der Waals surface area (Å²) >= 11 is 0. The number of aromatic amines is 1. The van der Waals surface area contributed by atoms with Crippen molar-refractivity contribution < 1.29 is 13.6 Å². The van der Waals surface area contributed by atoms with E-state index in [-0.39, 0.29) is 24.7 Å². The van der Waals surface area contributed by atoms with E-state index in [9.17, 15) is 13.6 Å². The van der Waals surface area contributed by atoms with Gasteiger partial charge in [-0.3, -0.25) is 9.89 Å². The number of aromatic nitrogens is 2. The number of carbonyl (C=O) groups is 1. The monoisotopic (exact) mass is 293 g/mol. The molecule has 112 valence electrons. The number of nitrogens with one attached hydrogen (secondary N) is 2. The molecule has 1 aromatic heterocycles. The number of carbonyl (C=O) groups excluding carboxylic acids is 1. The van der Waals surface area contributed by atoms with Gasteiger partial charge in [-0.15, -0.1) is 0 Å². The molecule has 0 bridgehead atoms. The largest absolute Gasteiger partial charge is 0.350 e. The van der Waals surface area contributed by atoms with E-state index < -0.39 is 5.92 Å². The molecule has 0 spiro atoms. The number of amides is 1. The van der Waals surface area contributed by atoms with Gasteiger partial charge in [0.2, 0.25) is 5.92 Å². The lowest BCUT2D eigenvalue weighted by Crippen LogP contribution is -2.34. The van der Waals surface area contributed by atoms with Crippen molar-refractivity contribution in [2.45, 2.75) is 31.6 Å². The third-order valence-electron chi connectivity index (χ3n) is 4.07. The molecule has 3 rings (SSSR count). The lowest BCUT2D eigenvalue weighted by molar-refractivity contribution is -0.0452. The molecule has 0 saturated heterocycles. The van der Waals surface area contributed by atoms with E-state index in [2.05, 4.69) is 15.5 Å². The number of para-hydroxylation sites is 1. The summed E-state index contributed by atoms with van der Waals surface area (Å²) in [5.74, 6) is -2.66. The molecule has 1 amide bonds. The van der Waals surface area contributed by atoms with Crippen molar-refractivity contribution in [3.05, 3.63) is 30.0 Å². The number of rotatable bonds is 3. The number of hydrogen-bond acceptors (Lipinski definition) is 2. The summed E-state index contributed by atoms with van der Waals surface area (Å²) in [4.78, 5) is 12.1. The van der Waals surface area contributed by atoms with E-state index in [1.165, 1.54) is 0 Å². The van der Waals surface area contributed by atoms with E-state index in [4.69, 9.17) is 0 Å². The smallest absolute Gasteiger partial charge is 0.272 e. The maximum atomic E-state index is 13.1. The Morgan fingerprint density at radius 1 is 1.33 bits per heavy atom. The third kappa shape index (κ3) is 3.04. The van der Waals surface area contributed by atoms with Gasteiger partial charge in [0.15, 0.2) is 5.69 Å². The average molecular weight is 293 g/mol. The van der Waals surface area contributed by atoms with E-state index >= 15 is 0 Å². The molecule has 21 heavy (non-hydrogen) atoms. The Bertz CT molecular complexity index is 643. The Hall–Kier alpha value is -1.98. The Labute approximate surface area is 120 Å². The quantitative estimate of drug-likeness (QED) is 0.913. The fourth-order valence-electron chi connectivity index (χ4n) is 2.76. The van der Waals surface area contributed by atoms with Gasteiger partial charge in [-0.25, -0.2) is 8.78 Å². The number of nitrogens with zero attached hydrogens (tertiary/aromatic N) is 1. The first-order valence-corrected chi connectivity index (χ1v) is 7.14. The SMILES string of the molecule is O=C(NCC1CCC(F)(F)CC1)c1n[nH]c2ccccc12. The van der Waals surface area contributed by atoms with Crippen molar-refractivity contribution in [2.24, 2.45) is 5.92 Å². The summed E-state index contributed by atoms with van der Waals surface area (Å²) in [5, 5.41) is 10.4. The predicted octanol–water partition coefficient (Wildman–Crippen LogP) is 3.12. The molecule has 0 atom stereocenters. The van der Waals surface area contributed by atoms with Gasteiger partial charge in [0.1, 0.15) is 0 Å². The van der Waals surface area contributed by atoms with Gasteiger partial charge >= 0.3 is 0 Å². The zero-order valence-electron chi connectivity index (χ0n) is 11.5. The highest BCUT2D eigenvalue weighted by molar-refractivity contribution is 6.04. The molecule has 0 radical (unpaired) electrons. The molecular formula is C15H17F2N3O. The number of halogens is 2. The van der Waals surface area contributed by atoms with Crippen molar-refractivity contribution in [1.29, 1.82) is 0 Å². The van der Waals surface area contributed by atoms with Crippen LogP contribution in [0.2, 0.25) is 0 Å². The van der Waals surface area contributed by atoms with Crippen LogP contribution in [0.1, 0.15) is 36.2 Å². The summed E-state index contributed by atoms with van der Waals surface area (Å²) in [7, 11) is 0. The van der Waals surface area contributed by atoms with Crippen LogP contribution in [0.25, 0.3) is 10.9 Å². The Kier molecular flexibility index (Phi) is 3.61. The van der Waals surface area contributed by atoms with Gasteiger partial charge in [-0.2, -0.15) is 5.10 Å². The van der Waals surface area contributed by atoms with E-state index in [0.29, 0.717) is 25.1 Å². The normalized spacial score (nSPS) is 18.8. The topological polar surface area (TPSA) is 57.8 Å². The minimum absolute atomic E-state index is 0.0845. The van der Waals surface area contributed by atoms with Crippen LogP contribution in [-0.2, 0) is 0 Å². The van der Waals surface area contributed by atoms with Gasteiger partial charge in [0, 0.05) is 24.8 Å². The van der Waals surface area contributed by atoms with Crippen LogP contribution >= 0.6 is 0 Å². The molecule has 2 N–H and O–H groups in total. The van der Waals surface area contributed by atoms with Gasteiger partial charge < -0.3 is 5.32 Å². The van der Waals surface area contributed by atoms with Crippen LogP contribution in [0.15, 0.2) is 24.3 Å². The Balaban J connectivity index is 1.60. The third-order valence-corrected chi connectivity index (χ3v) is 4.07. The zero-order chi connectivity index (χ0) is 14.9. The molecular weight excluding hydrogens is 276 g/mol. The fourth-order valence-corrected chi connectivity index (χ4v) is 2.76. The highest BCUT2D eigenvalue weighted by atomic mass is 19.3. The molecule has 4 nitrogen and oxygen atoms in total. The summed E-state index contributed by atoms with van der Waals surface area (Å²) in [6.45, 7) is 0.427. The van der Waals surface area contributed by atoms with Gasteiger partial charge in [0.25, 0.3) is 5.91 Å². The summed E-state index contributed by atoms with van der Waals surface area (Å²) in [5.41, 5.74) is 1.16. The van der Waals surface area contributed by atoms with Crippen molar-refractivity contribution in [2.75, 3.05) is 6.54 Å². The minimum Gasteiger partial charge on any atom is -0.350 e. The van der Waals surface area contributed by atoms with Crippen molar-refractivity contribution in [3.8, 4) is 0 Å². The van der Waals surface area contributed by atoms with Crippen LogP contribution in [-0.4, -0.2) is 28.6 Å². The summed E-state index contributed by atoms with van der Waals surface area (Å²) in [6, 6.07) is 7.39. The summed E-state index contributed by atoms with van der Waals surface area (Å²) in [6.07, 6.45) is 0.737. The molecule has 1 heterocycles. The maximum Gasteiger partial charge on any atom is 0.272 e. The number of fused-ring (bicyclic) bond motifs is 1. The van der Waals surface area contributed by atoms with Crippen LogP contribution in [0.4, 0.5) is 8.78 Å². The van der Waals surface area contributed by atoms with E-state index in [1.807, 2.05) is 24.3 Å². The lowest BCUT2D eigenvalue weighted by Gasteiger charge is -2.28. The molecule has 0 unspecified atom stereocenters. The number of H-pyrrole nitrogens is 1. The first-order chi connectivity index (χ1) is 10.1. The second-order valence-electron chi connectivity index (χ2n) is 5.63. The highest BCUT2D eigenvalue weighted by Crippen LogP contribution is 2.35. The molecule has 2 aromatic rings. The van der Waals surface area contributed by atoms with Crippen LogP contribution in [0, 0.1) is 5.92 Å². The second kappa shape index (κ2) is 5.42. The summed E-state index contributed by atoms with van der Waals surface area (Å²) < 4.78 is 26.1. The van der Waals surface area contributed by atoms with Crippen LogP contribution in [0.5, 0.6) is 0 Å². The standard InChI is InChI=1S/C15H17F2N3O/c16-15(17)7-5-10(6-8-15)9-18-14(21)13-11-3-1-2-4-12(11)19-20-13/h1-4,10H,5-9H2,(H,18,21)(H,19,20). The number of benzene rings is 1. The van der Waals surface area contributed by atoms with E-state index in [0.717, 1.165) is 10.9 Å². The first-order valence-electron chi connectivity index (χ1n) is 7.14. The molecule has 6 heteroatoms. The highest BCUT2D eigenvalue weighted by Gasteiger charge is 2.34. The molecule has 1 saturated carbocycles. The second-order valence-corrected chi connectivity index (χ2v) is 5.63. The van der Waals surface area contributed by atoms with Crippen molar-refractivity contribution in [1.82, 2.24) is 15.5 Å². The van der Waals surface area contributed by atoms with Gasteiger partial charge in [-0.05, 0) is 24.8 Å². The number of hydrogen-bond donors (Lipinski definition) is 2. The zero-order valence-corrected chi connectivity index (χ0v) is 11.5. The van der Waals surface area contributed by atoms with Crippen molar-refractivity contribution >= 4 is 16.8 Å². The van der Waals surface area contributed by atoms with Crippen LogP contribution < -0.4 is 5.32 Å². The molecule has 0 aliphatic heterocycles. The predicted molar refractivity (Wildman–Crippen MR) is 75.3 cm³/mol. The van der Waals surface area contributed by atoms with Crippen LogP contribution in [0.3, 0.4) is 0 Å². The lowest BCUT2D eigenvalue weighted by atomic mass is 9.87. The molecule has 1 aromatic carbocycles. The molecule has 1 aliphatic rings. The van der Waals surface area contributed by atoms with Crippen molar-refractivity contribution in [3.63, 3.8) is 0 Å². The van der Waals surface area contributed by atoms with Gasteiger partial charge in [-0.1, -0.05) is 18.2 Å². The minimum atomic E-state index is -2.53. The maximum absolute atomic E-state index is 13.1. The number of alkyl halides is 2. The Morgan fingerprint density at radius 3 is 2.81 bits per heavy atom. The van der Waals surface area contributed by atoms with Gasteiger partial charge in [0.05, 0.1) is 5.52 Å². The first kappa shape index (κ1) is 14.0. The molecule has 1 aliphatic carbocycles. The van der Waals surface area contributed by atoms with E-state index in [1.54, 1.807) is 0 Å². The molecule has 1 fully saturated rings. The Morgan fingerprint density at radius 2 is 2.05 bits per heavy atom.